The molecular formula is C14H18ClF3N4O. The van der Waals surface area contributed by atoms with Crippen LogP contribution in [0.4, 0.5) is 13.2 Å². The molecule has 1 atom stereocenters. The summed E-state index contributed by atoms with van der Waals surface area (Å²) >= 11 is 5.71. The Bertz CT molecular complexity index is 616. The highest BCUT2D eigenvalue weighted by molar-refractivity contribution is 6.32. The lowest BCUT2D eigenvalue weighted by molar-refractivity contribution is -0.142. The van der Waals surface area contributed by atoms with E-state index in [0.29, 0.717) is 19.1 Å². The van der Waals surface area contributed by atoms with Gasteiger partial charge in [-0.25, -0.2) is 0 Å². The zero-order chi connectivity index (χ0) is 16.8. The standard InChI is InChI=1S/C14H18ClF3N4O/c1-9-12(15)13(14(16,17)18)19-22(9)8-11(23)21-6-5-20-4-2-3-10(20)7-21/h10H,2-8H2,1H3/t10-/m0/s1. The van der Waals surface area contributed by atoms with Crippen LogP contribution in [0, 0.1) is 6.92 Å². The highest BCUT2D eigenvalue weighted by atomic mass is 35.5. The third kappa shape index (κ3) is 3.19. The van der Waals surface area contributed by atoms with Crippen molar-refractivity contribution in [2.24, 2.45) is 0 Å². The van der Waals surface area contributed by atoms with Gasteiger partial charge >= 0.3 is 6.18 Å². The van der Waals surface area contributed by atoms with E-state index in [2.05, 4.69) is 10.00 Å². The summed E-state index contributed by atoms with van der Waals surface area (Å²) in [6.07, 6.45) is -2.42. The summed E-state index contributed by atoms with van der Waals surface area (Å²) in [4.78, 5) is 16.5. The minimum atomic E-state index is -4.62. The van der Waals surface area contributed by atoms with E-state index in [9.17, 15) is 18.0 Å². The van der Waals surface area contributed by atoms with Gasteiger partial charge in [0.05, 0.1) is 10.7 Å². The van der Waals surface area contributed by atoms with E-state index >= 15 is 0 Å². The Morgan fingerprint density at radius 3 is 2.74 bits per heavy atom. The van der Waals surface area contributed by atoms with Gasteiger partial charge < -0.3 is 4.90 Å². The molecule has 3 heterocycles. The largest absolute Gasteiger partial charge is 0.436 e. The van der Waals surface area contributed by atoms with Crippen LogP contribution in [0.25, 0.3) is 0 Å². The van der Waals surface area contributed by atoms with Gasteiger partial charge in [0.15, 0.2) is 5.69 Å². The molecule has 0 spiro atoms. The number of halogens is 4. The van der Waals surface area contributed by atoms with Gasteiger partial charge in [-0.3, -0.25) is 14.4 Å². The first-order valence-electron chi connectivity index (χ1n) is 7.59. The van der Waals surface area contributed by atoms with Gasteiger partial charge in [0.25, 0.3) is 0 Å². The topological polar surface area (TPSA) is 41.4 Å². The average Bonchev–Trinajstić information content (AvgIpc) is 3.05. The first-order chi connectivity index (χ1) is 10.8. The second-order valence-electron chi connectivity index (χ2n) is 6.08. The molecule has 0 aromatic carbocycles. The van der Waals surface area contributed by atoms with Crippen LogP contribution in [0.2, 0.25) is 5.02 Å². The first kappa shape index (κ1) is 16.6. The molecule has 2 aliphatic heterocycles. The van der Waals surface area contributed by atoms with Gasteiger partial charge in [-0.2, -0.15) is 18.3 Å². The Hall–Kier alpha value is -1.28. The SMILES string of the molecule is Cc1c(Cl)c(C(F)(F)F)nn1CC(=O)N1CCN2CCC[C@H]2C1. The number of rotatable bonds is 2. The summed E-state index contributed by atoms with van der Waals surface area (Å²) in [7, 11) is 0. The third-order valence-corrected chi connectivity index (χ3v) is 5.08. The minimum Gasteiger partial charge on any atom is -0.338 e. The monoisotopic (exact) mass is 350 g/mol. The molecular weight excluding hydrogens is 333 g/mol. The fourth-order valence-corrected chi connectivity index (χ4v) is 3.55. The number of fused-ring (bicyclic) bond motifs is 1. The molecule has 0 saturated carbocycles. The zero-order valence-electron chi connectivity index (χ0n) is 12.7. The highest BCUT2D eigenvalue weighted by Crippen LogP contribution is 2.35. The van der Waals surface area contributed by atoms with Crippen LogP contribution in [0.1, 0.15) is 24.2 Å². The number of amides is 1. The number of carbonyl (C=O) groups is 1. The first-order valence-corrected chi connectivity index (χ1v) is 7.97. The van der Waals surface area contributed by atoms with Gasteiger partial charge in [0.2, 0.25) is 5.91 Å². The predicted octanol–water partition coefficient (Wildman–Crippen LogP) is 2.17. The number of carbonyl (C=O) groups excluding carboxylic acids is 1. The van der Waals surface area contributed by atoms with Gasteiger partial charge in [0, 0.05) is 25.7 Å². The Balaban J connectivity index is 1.71. The maximum absolute atomic E-state index is 12.8. The second-order valence-corrected chi connectivity index (χ2v) is 6.45. The molecule has 0 N–H and O–H groups in total. The molecule has 2 aliphatic rings. The lowest BCUT2D eigenvalue weighted by atomic mass is 10.1. The maximum atomic E-state index is 12.8. The molecule has 9 heteroatoms. The number of nitrogens with zero attached hydrogens (tertiary/aromatic N) is 4. The van der Waals surface area contributed by atoms with Crippen LogP contribution >= 0.6 is 11.6 Å². The number of hydrogen-bond acceptors (Lipinski definition) is 3. The smallest absolute Gasteiger partial charge is 0.338 e. The molecule has 1 aromatic rings. The average molecular weight is 351 g/mol. The molecule has 128 valence electrons. The quantitative estimate of drug-likeness (QED) is 0.821. The van der Waals surface area contributed by atoms with Gasteiger partial charge in [-0.15, -0.1) is 0 Å². The van der Waals surface area contributed by atoms with Gasteiger partial charge in [-0.05, 0) is 26.3 Å². The summed E-state index contributed by atoms with van der Waals surface area (Å²) < 4.78 is 39.5. The van der Waals surface area contributed by atoms with Crippen molar-refractivity contribution < 1.29 is 18.0 Å². The molecule has 0 radical (unpaired) electrons. The Kier molecular flexibility index (Phi) is 4.31. The molecule has 0 aliphatic carbocycles. The van der Waals surface area contributed by atoms with Crippen LogP contribution in [0.5, 0.6) is 0 Å². The van der Waals surface area contributed by atoms with Crippen LogP contribution in [0.15, 0.2) is 0 Å². The summed E-state index contributed by atoms with van der Waals surface area (Å²) in [5.41, 5.74) is -0.975. The fraction of sp³-hybridized carbons (Fsp3) is 0.714. The van der Waals surface area contributed by atoms with Crippen molar-refractivity contribution >= 4 is 17.5 Å². The second kappa shape index (κ2) is 5.98. The fourth-order valence-electron chi connectivity index (χ4n) is 3.31. The van der Waals surface area contributed by atoms with E-state index < -0.39 is 16.9 Å². The van der Waals surface area contributed by atoms with Crippen molar-refractivity contribution in [1.29, 1.82) is 0 Å². The summed E-state index contributed by atoms with van der Waals surface area (Å²) in [6.45, 7) is 4.36. The van der Waals surface area contributed by atoms with Crippen molar-refractivity contribution in [3.05, 3.63) is 16.4 Å². The van der Waals surface area contributed by atoms with Crippen LogP contribution in [-0.2, 0) is 17.5 Å². The molecule has 2 fully saturated rings. The number of piperazine rings is 1. The molecule has 1 aromatic heterocycles. The molecule has 1 amide bonds. The molecule has 2 saturated heterocycles. The van der Waals surface area contributed by atoms with Crippen LogP contribution in [0.3, 0.4) is 0 Å². The minimum absolute atomic E-state index is 0.159. The molecule has 0 bridgehead atoms. The maximum Gasteiger partial charge on any atom is 0.436 e. The van der Waals surface area contributed by atoms with Gasteiger partial charge in [-0.1, -0.05) is 11.6 Å². The van der Waals surface area contributed by atoms with E-state index in [1.165, 1.54) is 6.92 Å². The normalized spacial score (nSPS) is 22.5. The lowest BCUT2D eigenvalue weighted by Crippen LogP contribution is -2.52. The van der Waals surface area contributed by atoms with Crippen molar-refractivity contribution in [3.8, 4) is 0 Å². The van der Waals surface area contributed by atoms with E-state index in [4.69, 9.17) is 11.6 Å². The van der Waals surface area contributed by atoms with E-state index in [0.717, 1.165) is 30.6 Å². The van der Waals surface area contributed by atoms with E-state index in [1.54, 1.807) is 4.90 Å². The molecule has 3 rings (SSSR count). The predicted molar refractivity (Wildman–Crippen MR) is 78.2 cm³/mol. The van der Waals surface area contributed by atoms with Crippen molar-refractivity contribution in [2.75, 3.05) is 26.2 Å². The number of aromatic nitrogens is 2. The van der Waals surface area contributed by atoms with Crippen LogP contribution in [-0.4, -0.2) is 57.7 Å². The van der Waals surface area contributed by atoms with Crippen molar-refractivity contribution in [2.45, 2.75) is 38.5 Å². The molecule has 0 unspecified atom stereocenters. The highest BCUT2D eigenvalue weighted by Gasteiger charge is 2.39. The van der Waals surface area contributed by atoms with E-state index in [-0.39, 0.29) is 18.1 Å². The third-order valence-electron chi connectivity index (χ3n) is 4.63. The molecule has 5 nitrogen and oxygen atoms in total. The Morgan fingerprint density at radius 1 is 1.35 bits per heavy atom. The Morgan fingerprint density at radius 2 is 2.09 bits per heavy atom. The van der Waals surface area contributed by atoms with Crippen LogP contribution < -0.4 is 0 Å². The summed E-state index contributed by atoms with van der Waals surface area (Å²) in [6, 6.07) is 0.376. The zero-order valence-corrected chi connectivity index (χ0v) is 13.5. The molecule has 23 heavy (non-hydrogen) atoms. The van der Waals surface area contributed by atoms with Crippen molar-refractivity contribution in [1.82, 2.24) is 19.6 Å². The Labute approximate surface area is 137 Å². The summed E-state index contributed by atoms with van der Waals surface area (Å²) in [5, 5.41) is 3.04. The lowest BCUT2D eigenvalue weighted by Gasteiger charge is -2.37. The van der Waals surface area contributed by atoms with Crippen molar-refractivity contribution in [3.63, 3.8) is 0 Å². The number of hydrogen-bond donors (Lipinski definition) is 0. The number of alkyl halides is 3. The van der Waals surface area contributed by atoms with E-state index in [1.807, 2.05) is 0 Å². The summed E-state index contributed by atoms with van der Waals surface area (Å²) in [5.74, 6) is -0.215. The van der Waals surface area contributed by atoms with Gasteiger partial charge in [0.1, 0.15) is 6.54 Å².